The molecule has 1 N–H and O–H groups in total. The van der Waals surface area contributed by atoms with Crippen LogP contribution < -0.4 is 5.32 Å². The largest absolute Gasteiger partial charge is 0.335 e. The van der Waals surface area contributed by atoms with E-state index in [2.05, 4.69) is 5.32 Å². The molecule has 2 rings (SSSR count). The molecule has 5 nitrogen and oxygen atoms in total. The van der Waals surface area contributed by atoms with E-state index >= 15 is 0 Å². The quantitative estimate of drug-likeness (QED) is 0.857. The van der Waals surface area contributed by atoms with Gasteiger partial charge in [0.1, 0.15) is 5.82 Å². The number of halogens is 1. The van der Waals surface area contributed by atoms with E-state index in [0.29, 0.717) is 19.6 Å². The molecule has 0 bridgehead atoms. The van der Waals surface area contributed by atoms with Crippen LogP contribution in [0.1, 0.15) is 5.56 Å². The maximum atomic E-state index is 13.1. The van der Waals surface area contributed by atoms with Gasteiger partial charge in [0.2, 0.25) is 11.8 Å². The molecule has 0 aromatic heterocycles. The fraction of sp³-hybridized carbons (Fsp3) is 0.429. The monoisotopic (exact) mass is 279 g/mol. The molecule has 1 saturated heterocycles. The standard InChI is InChI=1S/C14H18FN3O2/c1-16-8-13(19)18-6-5-17(14(20)10-18)9-11-3-2-4-12(15)7-11/h2-4,7,16H,5-6,8-10H2,1H3. The maximum absolute atomic E-state index is 13.1. The summed E-state index contributed by atoms with van der Waals surface area (Å²) >= 11 is 0. The predicted molar refractivity (Wildman–Crippen MR) is 72.3 cm³/mol. The first-order valence-electron chi connectivity index (χ1n) is 6.54. The Morgan fingerprint density at radius 1 is 1.40 bits per heavy atom. The van der Waals surface area contributed by atoms with Gasteiger partial charge in [-0.2, -0.15) is 0 Å². The SMILES string of the molecule is CNCC(=O)N1CCN(Cc2cccc(F)c2)C(=O)C1. The lowest BCUT2D eigenvalue weighted by Gasteiger charge is -2.34. The van der Waals surface area contributed by atoms with Crippen LogP contribution in [0.25, 0.3) is 0 Å². The maximum Gasteiger partial charge on any atom is 0.242 e. The number of benzene rings is 1. The molecule has 1 aliphatic rings. The number of nitrogens with zero attached hydrogens (tertiary/aromatic N) is 2. The second-order valence-electron chi connectivity index (χ2n) is 4.79. The van der Waals surface area contributed by atoms with Crippen molar-refractivity contribution in [3.63, 3.8) is 0 Å². The third-order valence-electron chi connectivity index (χ3n) is 3.26. The van der Waals surface area contributed by atoms with Crippen molar-refractivity contribution in [2.24, 2.45) is 0 Å². The number of amides is 2. The minimum atomic E-state index is -0.308. The predicted octanol–water partition coefficient (Wildman–Crippen LogP) is 0.216. The average Bonchev–Trinajstić information content (AvgIpc) is 2.41. The van der Waals surface area contributed by atoms with Crippen LogP contribution in [0.3, 0.4) is 0 Å². The van der Waals surface area contributed by atoms with Crippen LogP contribution in [0.15, 0.2) is 24.3 Å². The van der Waals surface area contributed by atoms with Crippen molar-refractivity contribution in [2.75, 3.05) is 33.2 Å². The van der Waals surface area contributed by atoms with Gasteiger partial charge in [0.15, 0.2) is 0 Å². The average molecular weight is 279 g/mol. The van der Waals surface area contributed by atoms with Gasteiger partial charge in [0.25, 0.3) is 0 Å². The number of carbonyl (C=O) groups excluding carboxylic acids is 2. The second-order valence-corrected chi connectivity index (χ2v) is 4.79. The van der Waals surface area contributed by atoms with E-state index in [1.165, 1.54) is 12.1 Å². The zero-order valence-electron chi connectivity index (χ0n) is 11.4. The fourth-order valence-corrected chi connectivity index (χ4v) is 2.21. The molecule has 2 amide bonds. The first kappa shape index (κ1) is 14.5. The number of hydrogen-bond acceptors (Lipinski definition) is 3. The Hall–Kier alpha value is -1.95. The molecule has 0 atom stereocenters. The van der Waals surface area contributed by atoms with Crippen molar-refractivity contribution in [3.8, 4) is 0 Å². The van der Waals surface area contributed by atoms with Gasteiger partial charge in [-0.05, 0) is 24.7 Å². The summed E-state index contributed by atoms with van der Waals surface area (Å²) in [5.74, 6) is -0.492. The lowest BCUT2D eigenvalue weighted by molar-refractivity contribution is -0.145. The van der Waals surface area contributed by atoms with Crippen LogP contribution in [0.5, 0.6) is 0 Å². The molecule has 0 radical (unpaired) electrons. The minimum Gasteiger partial charge on any atom is -0.335 e. The topological polar surface area (TPSA) is 52.7 Å². The van der Waals surface area contributed by atoms with E-state index in [4.69, 9.17) is 0 Å². The Balaban J connectivity index is 1.93. The number of likely N-dealkylation sites (N-methyl/N-ethyl adjacent to an activating group) is 1. The van der Waals surface area contributed by atoms with Gasteiger partial charge in [-0.25, -0.2) is 4.39 Å². The minimum absolute atomic E-state index is 0.0775. The molecule has 0 unspecified atom stereocenters. The summed E-state index contributed by atoms with van der Waals surface area (Å²) in [4.78, 5) is 26.9. The second kappa shape index (κ2) is 6.47. The van der Waals surface area contributed by atoms with Crippen LogP contribution in [-0.2, 0) is 16.1 Å². The molecule has 1 heterocycles. The van der Waals surface area contributed by atoms with E-state index in [9.17, 15) is 14.0 Å². The summed E-state index contributed by atoms with van der Waals surface area (Å²) < 4.78 is 13.1. The highest BCUT2D eigenvalue weighted by Gasteiger charge is 2.26. The lowest BCUT2D eigenvalue weighted by atomic mass is 10.2. The van der Waals surface area contributed by atoms with Crippen molar-refractivity contribution >= 4 is 11.8 Å². The molecular formula is C14H18FN3O2. The van der Waals surface area contributed by atoms with Gasteiger partial charge in [0.05, 0.1) is 13.1 Å². The van der Waals surface area contributed by atoms with E-state index in [-0.39, 0.29) is 30.7 Å². The number of rotatable bonds is 4. The Bertz CT molecular complexity index is 507. The van der Waals surface area contributed by atoms with Crippen molar-refractivity contribution in [3.05, 3.63) is 35.6 Å². The third kappa shape index (κ3) is 3.54. The molecule has 6 heteroatoms. The molecule has 1 aromatic rings. The molecule has 108 valence electrons. The molecule has 1 aromatic carbocycles. The summed E-state index contributed by atoms with van der Waals surface area (Å²) in [5.41, 5.74) is 0.758. The van der Waals surface area contributed by atoms with E-state index in [1.807, 2.05) is 0 Å². The van der Waals surface area contributed by atoms with Crippen LogP contribution in [0.2, 0.25) is 0 Å². The molecule has 0 aliphatic carbocycles. The van der Waals surface area contributed by atoms with Gasteiger partial charge >= 0.3 is 0 Å². The Labute approximate surface area is 117 Å². The Morgan fingerprint density at radius 2 is 2.20 bits per heavy atom. The van der Waals surface area contributed by atoms with Crippen molar-refractivity contribution < 1.29 is 14.0 Å². The highest BCUT2D eigenvalue weighted by Crippen LogP contribution is 2.11. The van der Waals surface area contributed by atoms with Crippen LogP contribution in [-0.4, -0.2) is 54.8 Å². The number of hydrogen-bond donors (Lipinski definition) is 1. The number of carbonyl (C=O) groups is 2. The Morgan fingerprint density at radius 3 is 2.85 bits per heavy atom. The Kier molecular flexibility index (Phi) is 4.68. The number of nitrogens with one attached hydrogen (secondary N) is 1. The zero-order chi connectivity index (χ0) is 14.5. The van der Waals surface area contributed by atoms with E-state index in [1.54, 1.807) is 29.0 Å². The molecule has 0 saturated carbocycles. The first-order valence-corrected chi connectivity index (χ1v) is 6.54. The van der Waals surface area contributed by atoms with Crippen LogP contribution >= 0.6 is 0 Å². The summed E-state index contributed by atoms with van der Waals surface area (Å²) in [6, 6.07) is 6.21. The van der Waals surface area contributed by atoms with Gasteiger partial charge in [0, 0.05) is 19.6 Å². The van der Waals surface area contributed by atoms with Crippen molar-refractivity contribution in [2.45, 2.75) is 6.54 Å². The van der Waals surface area contributed by atoms with Crippen molar-refractivity contribution in [1.29, 1.82) is 0 Å². The molecule has 1 aliphatic heterocycles. The highest BCUT2D eigenvalue weighted by atomic mass is 19.1. The van der Waals surface area contributed by atoms with E-state index < -0.39 is 0 Å². The highest BCUT2D eigenvalue weighted by molar-refractivity contribution is 5.86. The summed E-state index contributed by atoms with van der Waals surface area (Å²) in [7, 11) is 1.69. The summed E-state index contributed by atoms with van der Waals surface area (Å²) in [6.07, 6.45) is 0. The van der Waals surface area contributed by atoms with Gasteiger partial charge in [-0.15, -0.1) is 0 Å². The normalized spacial score (nSPS) is 15.6. The first-order chi connectivity index (χ1) is 9.60. The van der Waals surface area contributed by atoms with Gasteiger partial charge < -0.3 is 15.1 Å². The van der Waals surface area contributed by atoms with Gasteiger partial charge in [-0.3, -0.25) is 9.59 Å². The van der Waals surface area contributed by atoms with Crippen LogP contribution in [0.4, 0.5) is 4.39 Å². The van der Waals surface area contributed by atoms with E-state index in [0.717, 1.165) is 5.56 Å². The van der Waals surface area contributed by atoms with Crippen LogP contribution in [0, 0.1) is 5.82 Å². The molecule has 20 heavy (non-hydrogen) atoms. The smallest absolute Gasteiger partial charge is 0.242 e. The molecule has 0 spiro atoms. The number of piperazine rings is 1. The summed E-state index contributed by atoms with van der Waals surface area (Å²) in [6.45, 7) is 1.70. The molecular weight excluding hydrogens is 261 g/mol. The molecule has 1 fully saturated rings. The summed E-state index contributed by atoms with van der Waals surface area (Å²) in [5, 5.41) is 2.78. The lowest BCUT2D eigenvalue weighted by Crippen LogP contribution is -2.53. The zero-order valence-corrected chi connectivity index (χ0v) is 11.4. The van der Waals surface area contributed by atoms with Crippen molar-refractivity contribution in [1.82, 2.24) is 15.1 Å². The fourth-order valence-electron chi connectivity index (χ4n) is 2.21. The van der Waals surface area contributed by atoms with Gasteiger partial charge in [-0.1, -0.05) is 12.1 Å². The third-order valence-corrected chi connectivity index (χ3v) is 3.26.